The van der Waals surface area contributed by atoms with Gasteiger partial charge < -0.3 is 10.5 Å². The van der Waals surface area contributed by atoms with Crippen molar-refractivity contribution in [2.24, 2.45) is 14.1 Å². The summed E-state index contributed by atoms with van der Waals surface area (Å²) in [7, 11) is 6.13. The van der Waals surface area contributed by atoms with Crippen LogP contribution in [0.2, 0.25) is 0 Å². The van der Waals surface area contributed by atoms with Crippen LogP contribution in [0.4, 0.5) is 5.82 Å². The number of likely N-dealkylation sites (N-methyl/N-ethyl adjacent to an activating group) is 1. The van der Waals surface area contributed by atoms with Crippen LogP contribution in [-0.2, 0) is 20.6 Å². The maximum absolute atomic E-state index is 12.9. The number of hydrogen-bond acceptors (Lipinski definition) is 6. The fraction of sp³-hybridized carbons (Fsp3) is 0.389. The predicted octanol–water partition coefficient (Wildman–Crippen LogP) is 0.378. The Kier molecular flexibility index (Phi) is 5.66. The Balaban J connectivity index is 2.32. The second-order valence-corrected chi connectivity index (χ2v) is 6.27. The van der Waals surface area contributed by atoms with Crippen LogP contribution in [0.5, 0.6) is 5.75 Å². The maximum Gasteiger partial charge on any atom is 0.332 e. The summed E-state index contributed by atoms with van der Waals surface area (Å²) in [5, 5.41) is 0. The number of anilines is 1. The first-order valence-electron chi connectivity index (χ1n) is 8.11. The summed E-state index contributed by atoms with van der Waals surface area (Å²) in [5.41, 5.74) is 5.42. The number of nitrogens with zero attached hydrogens (tertiary/aromatic N) is 3. The molecule has 2 rings (SSSR count). The lowest BCUT2D eigenvalue weighted by molar-refractivity contribution is 0.0860. The third-order valence-corrected chi connectivity index (χ3v) is 4.56. The van der Waals surface area contributed by atoms with Gasteiger partial charge >= 0.3 is 5.69 Å². The van der Waals surface area contributed by atoms with E-state index in [0.29, 0.717) is 6.54 Å². The van der Waals surface area contributed by atoms with E-state index in [0.717, 1.165) is 20.4 Å². The molecule has 140 valence electrons. The van der Waals surface area contributed by atoms with Crippen molar-refractivity contribution in [1.82, 2.24) is 14.0 Å². The molecule has 0 aliphatic rings. The van der Waals surface area contributed by atoms with Crippen molar-refractivity contribution in [2.75, 3.05) is 19.9 Å². The monoisotopic (exact) mass is 360 g/mol. The number of carbonyl (C=O) groups excluding carboxylic acids is 1. The van der Waals surface area contributed by atoms with Gasteiger partial charge in [-0.1, -0.05) is 12.1 Å². The van der Waals surface area contributed by atoms with Crippen LogP contribution in [0.25, 0.3) is 0 Å². The highest BCUT2D eigenvalue weighted by Gasteiger charge is 2.27. The summed E-state index contributed by atoms with van der Waals surface area (Å²) >= 11 is 0. The molecule has 2 aromatic rings. The molecule has 8 nitrogen and oxygen atoms in total. The largest absolute Gasteiger partial charge is 0.497 e. The van der Waals surface area contributed by atoms with E-state index in [2.05, 4.69) is 0 Å². The topological polar surface area (TPSA) is 99.6 Å². The predicted molar refractivity (Wildman–Crippen MR) is 99.6 cm³/mol. The molecule has 8 heteroatoms. The highest BCUT2D eigenvalue weighted by atomic mass is 16.5. The third kappa shape index (κ3) is 3.55. The number of ketones is 1. The van der Waals surface area contributed by atoms with Gasteiger partial charge in [-0.25, -0.2) is 4.79 Å². The molecule has 26 heavy (non-hydrogen) atoms. The van der Waals surface area contributed by atoms with E-state index < -0.39 is 23.1 Å². The normalized spacial score (nSPS) is 12.2. The number of hydrogen-bond donors (Lipinski definition) is 1. The van der Waals surface area contributed by atoms with Gasteiger partial charge in [0.15, 0.2) is 5.78 Å². The van der Waals surface area contributed by atoms with Gasteiger partial charge in [-0.05, 0) is 31.7 Å². The molecule has 1 aromatic carbocycles. The standard InChI is InChI=1S/C18H24N4O4/c1-11(20(2)10-12-7-6-8-13(9-12)26-5)15(23)14-16(19)21(3)18(25)22(4)17(14)24/h6-9,11H,10,19H2,1-5H3/t11-/m1/s1. The van der Waals surface area contributed by atoms with E-state index in [4.69, 9.17) is 10.5 Å². The molecule has 1 heterocycles. The SMILES string of the molecule is COc1cccc(CN(C)[C@H](C)C(=O)c2c(N)n(C)c(=O)n(C)c2=O)c1. The zero-order valence-electron chi connectivity index (χ0n) is 15.6. The van der Waals surface area contributed by atoms with Crippen LogP contribution in [0.15, 0.2) is 33.9 Å². The van der Waals surface area contributed by atoms with Gasteiger partial charge in [-0.2, -0.15) is 0 Å². The molecule has 0 fully saturated rings. The van der Waals surface area contributed by atoms with Crippen LogP contribution < -0.4 is 21.7 Å². The van der Waals surface area contributed by atoms with E-state index >= 15 is 0 Å². The number of carbonyl (C=O) groups is 1. The quantitative estimate of drug-likeness (QED) is 0.748. The molecular weight excluding hydrogens is 336 g/mol. The van der Waals surface area contributed by atoms with Crippen LogP contribution in [0.1, 0.15) is 22.8 Å². The second-order valence-electron chi connectivity index (χ2n) is 6.27. The molecule has 0 radical (unpaired) electrons. The van der Waals surface area contributed by atoms with Crippen molar-refractivity contribution in [3.63, 3.8) is 0 Å². The first-order valence-corrected chi connectivity index (χ1v) is 8.11. The maximum atomic E-state index is 12.9. The van der Waals surface area contributed by atoms with Crippen molar-refractivity contribution in [2.45, 2.75) is 19.5 Å². The number of Topliss-reactive ketones (excluding diaryl/α,β-unsaturated/α-hetero) is 1. The average Bonchev–Trinajstić information content (AvgIpc) is 2.64. The fourth-order valence-electron chi connectivity index (χ4n) is 2.70. The Morgan fingerprint density at radius 1 is 1.27 bits per heavy atom. The van der Waals surface area contributed by atoms with Crippen LogP contribution in [-0.4, -0.2) is 40.0 Å². The molecule has 0 spiro atoms. The minimum absolute atomic E-state index is 0.121. The number of nitrogen functional groups attached to an aromatic ring is 1. The molecule has 0 aliphatic heterocycles. The molecule has 0 amide bonds. The Labute approximate surface area is 151 Å². The Hall–Kier alpha value is -2.87. The third-order valence-electron chi connectivity index (χ3n) is 4.56. The van der Waals surface area contributed by atoms with Crippen LogP contribution in [0, 0.1) is 0 Å². The minimum atomic E-state index is -0.683. The molecule has 0 aliphatic carbocycles. The lowest BCUT2D eigenvalue weighted by Gasteiger charge is -2.24. The van der Waals surface area contributed by atoms with E-state index in [1.165, 1.54) is 14.1 Å². The van der Waals surface area contributed by atoms with Gasteiger partial charge in [0.05, 0.1) is 13.2 Å². The molecule has 1 atom stereocenters. The Morgan fingerprint density at radius 3 is 2.54 bits per heavy atom. The number of aromatic nitrogens is 2. The van der Waals surface area contributed by atoms with Crippen molar-refractivity contribution in [3.05, 3.63) is 56.2 Å². The number of ether oxygens (including phenoxy) is 1. The number of rotatable bonds is 6. The molecule has 2 N–H and O–H groups in total. The lowest BCUT2D eigenvalue weighted by Crippen LogP contribution is -2.45. The first kappa shape index (κ1) is 19.5. The fourth-order valence-corrected chi connectivity index (χ4v) is 2.70. The zero-order chi connectivity index (χ0) is 19.6. The summed E-state index contributed by atoms with van der Waals surface area (Å²) in [4.78, 5) is 39.0. The van der Waals surface area contributed by atoms with Crippen molar-refractivity contribution in [1.29, 1.82) is 0 Å². The van der Waals surface area contributed by atoms with E-state index in [-0.39, 0.29) is 11.4 Å². The van der Waals surface area contributed by atoms with Gasteiger partial charge in [0.2, 0.25) is 0 Å². The van der Waals surface area contributed by atoms with E-state index in [9.17, 15) is 14.4 Å². The summed E-state index contributed by atoms with van der Waals surface area (Å²) in [6.07, 6.45) is 0. The lowest BCUT2D eigenvalue weighted by atomic mass is 10.1. The minimum Gasteiger partial charge on any atom is -0.497 e. The number of nitrogens with two attached hydrogens (primary N) is 1. The van der Waals surface area contributed by atoms with Crippen molar-refractivity contribution in [3.8, 4) is 5.75 Å². The highest BCUT2D eigenvalue weighted by Crippen LogP contribution is 2.16. The summed E-state index contributed by atoms with van der Waals surface area (Å²) in [6.45, 7) is 2.18. The number of benzene rings is 1. The van der Waals surface area contributed by atoms with Crippen molar-refractivity contribution < 1.29 is 9.53 Å². The van der Waals surface area contributed by atoms with Crippen LogP contribution >= 0.6 is 0 Å². The molecule has 0 unspecified atom stereocenters. The number of methoxy groups -OCH3 is 1. The molecular formula is C18H24N4O4. The molecule has 1 aromatic heterocycles. The highest BCUT2D eigenvalue weighted by molar-refractivity contribution is 6.03. The smallest absolute Gasteiger partial charge is 0.332 e. The molecule has 0 bridgehead atoms. The summed E-state index contributed by atoms with van der Waals surface area (Å²) in [5.74, 6) is 0.180. The first-order chi connectivity index (χ1) is 12.2. The van der Waals surface area contributed by atoms with Gasteiger partial charge in [0.25, 0.3) is 5.56 Å². The van der Waals surface area contributed by atoms with Gasteiger partial charge in [0.1, 0.15) is 17.1 Å². The van der Waals surface area contributed by atoms with E-state index in [1.54, 1.807) is 26.0 Å². The second kappa shape index (κ2) is 7.57. The summed E-state index contributed by atoms with van der Waals surface area (Å²) in [6, 6.07) is 6.92. The van der Waals surface area contributed by atoms with Gasteiger partial charge in [-0.3, -0.25) is 23.6 Å². The zero-order valence-corrected chi connectivity index (χ0v) is 15.6. The molecule has 0 saturated heterocycles. The van der Waals surface area contributed by atoms with E-state index in [1.807, 2.05) is 24.3 Å². The van der Waals surface area contributed by atoms with Crippen molar-refractivity contribution >= 4 is 11.6 Å². The Morgan fingerprint density at radius 2 is 1.92 bits per heavy atom. The van der Waals surface area contributed by atoms with Crippen LogP contribution in [0.3, 0.4) is 0 Å². The summed E-state index contributed by atoms with van der Waals surface area (Å²) < 4.78 is 7.19. The molecule has 0 saturated carbocycles. The van der Waals surface area contributed by atoms with Gasteiger partial charge in [-0.15, -0.1) is 0 Å². The average molecular weight is 360 g/mol. The van der Waals surface area contributed by atoms with Gasteiger partial charge in [0, 0.05) is 20.6 Å². The Bertz CT molecular complexity index is 945.